The second-order valence-corrected chi connectivity index (χ2v) is 8.62. The van der Waals surface area contributed by atoms with E-state index in [0.717, 1.165) is 0 Å². The molecule has 2 amide bonds. The number of rotatable bonds is 11. The fraction of sp³-hybridized carbons (Fsp3) is 0.304. The molecule has 0 bridgehead atoms. The summed E-state index contributed by atoms with van der Waals surface area (Å²) in [6.45, 7) is 5.16. The van der Waals surface area contributed by atoms with Gasteiger partial charge in [0.2, 0.25) is 0 Å². The number of ether oxygens (including phenoxy) is 2. The molecule has 0 fully saturated rings. The predicted molar refractivity (Wildman–Crippen MR) is 132 cm³/mol. The van der Waals surface area contributed by atoms with Gasteiger partial charge in [0.1, 0.15) is 6.04 Å². The van der Waals surface area contributed by atoms with Crippen LogP contribution in [0.4, 0.5) is 0 Å². The molecular weight excluding hydrogens is 530 g/mol. The molecular formula is C23H25BrClN3O6. The molecule has 0 spiro atoms. The molecule has 11 heteroatoms. The number of carbonyl (C=O) groups excluding carboxylic acids is 2. The number of hydrogen-bond donors (Lipinski definition) is 3. The molecule has 0 aromatic heterocycles. The van der Waals surface area contributed by atoms with E-state index >= 15 is 0 Å². The van der Waals surface area contributed by atoms with Crippen LogP contribution in [0.2, 0.25) is 5.02 Å². The Morgan fingerprint density at radius 3 is 2.53 bits per heavy atom. The molecule has 0 saturated heterocycles. The summed E-state index contributed by atoms with van der Waals surface area (Å²) >= 11 is 9.40. The first-order valence-corrected chi connectivity index (χ1v) is 11.5. The molecule has 1 unspecified atom stereocenters. The van der Waals surface area contributed by atoms with Crippen molar-refractivity contribution in [2.45, 2.75) is 26.8 Å². The van der Waals surface area contributed by atoms with Crippen LogP contribution in [-0.2, 0) is 9.59 Å². The van der Waals surface area contributed by atoms with Crippen LogP contribution in [0.15, 0.2) is 46.0 Å². The molecule has 182 valence electrons. The van der Waals surface area contributed by atoms with Gasteiger partial charge in [0.25, 0.3) is 11.8 Å². The van der Waals surface area contributed by atoms with Crippen LogP contribution in [0.25, 0.3) is 0 Å². The third-order valence-electron chi connectivity index (χ3n) is 4.41. The number of halogens is 2. The highest BCUT2D eigenvalue weighted by atomic mass is 79.9. The van der Waals surface area contributed by atoms with Gasteiger partial charge in [-0.3, -0.25) is 9.59 Å². The Labute approximate surface area is 210 Å². The maximum absolute atomic E-state index is 12.7. The number of hydrazone groups is 1. The van der Waals surface area contributed by atoms with Crippen molar-refractivity contribution in [1.82, 2.24) is 10.7 Å². The van der Waals surface area contributed by atoms with Crippen LogP contribution in [0, 0.1) is 5.92 Å². The van der Waals surface area contributed by atoms with Gasteiger partial charge in [-0.15, -0.1) is 0 Å². The lowest BCUT2D eigenvalue weighted by atomic mass is 10.0. The largest absolute Gasteiger partial charge is 0.490 e. The lowest BCUT2D eigenvalue weighted by Crippen LogP contribution is -2.48. The zero-order valence-electron chi connectivity index (χ0n) is 18.8. The van der Waals surface area contributed by atoms with Crippen LogP contribution >= 0.6 is 27.5 Å². The summed E-state index contributed by atoms with van der Waals surface area (Å²) in [5.74, 6) is -1.75. The first-order valence-electron chi connectivity index (χ1n) is 10.3. The van der Waals surface area contributed by atoms with Crippen molar-refractivity contribution in [3.05, 3.63) is 57.0 Å². The maximum Gasteiger partial charge on any atom is 0.341 e. The molecule has 0 aliphatic carbocycles. The summed E-state index contributed by atoms with van der Waals surface area (Å²) < 4.78 is 11.3. The first kappa shape index (κ1) is 27.1. The van der Waals surface area contributed by atoms with Crippen LogP contribution in [0.1, 0.15) is 36.7 Å². The molecule has 2 aromatic carbocycles. The Hall–Kier alpha value is -3.11. The highest BCUT2D eigenvalue weighted by Gasteiger charge is 2.25. The van der Waals surface area contributed by atoms with E-state index in [1.807, 2.05) is 0 Å². The van der Waals surface area contributed by atoms with Crippen molar-refractivity contribution in [2.24, 2.45) is 11.0 Å². The molecule has 0 aliphatic rings. The predicted octanol–water partition coefficient (Wildman–Crippen LogP) is 3.87. The van der Waals surface area contributed by atoms with E-state index in [1.54, 1.807) is 57.2 Å². The Bertz CT molecular complexity index is 1080. The van der Waals surface area contributed by atoms with Gasteiger partial charge in [-0.2, -0.15) is 5.10 Å². The van der Waals surface area contributed by atoms with Gasteiger partial charge in [-0.05, 0) is 58.6 Å². The standard InChI is InChI=1S/C23H25BrClN3O6/c1-4-33-18-10-14(9-16(24)21(18)34-12-19(29)30)11-26-28-23(32)20(13(2)3)27-22(31)15-7-5-6-8-17(15)25/h5-11,13,20H,4,12H2,1-3H3,(H,27,31)(H,28,32)(H,29,30)/b26-11+. The van der Waals surface area contributed by atoms with E-state index in [-0.39, 0.29) is 22.3 Å². The van der Waals surface area contributed by atoms with Gasteiger partial charge in [0, 0.05) is 0 Å². The normalized spacial score (nSPS) is 11.8. The quantitative estimate of drug-likeness (QED) is 0.286. The molecule has 9 nitrogen and oxygen atoms in total. The molecule has 2 aromatic rings. The number of carboxylic acid groups (broad SMARTS) is 1. The second kappa shape index (κ2) is 13.0. The van der Waals surface area contributed by atoms with Gasteiger partial charge >= 0.3 is 5.97 Å². The molecule has 3 N–H and O–H groups in total. The smallest absolute Gasteiger partial charge is 0.341 e. The van der Waals surface area contributed by atoms with E-state index in [0.29, 0.717) is 22.4 Å². The SMILES string of the molecule is CCOc1cc(/C=N/NC(=O)C(NC(=O)c2ccccc2Cl)C(C)C)cc(Br)c1OCC(=O)O. The van der Waals surface area contributed by atoms with Gasteiger partial charge in [0.15, 0.2) is 18.1 Å². The minimum Gasteiger partial charge on any atom is -0.490 e. The zero-order chi connectivity index (χ0) is 25.3. The van der Waals surface area contributed by atoms with E-state index in [1.165, 1.54) is 6.21 Å². The first-order chi connectivity index (χ1) is 16.1. The van der Waals surface area contributed by atoms with Crippen molar-refractivity contribution in [2.75, 3.05) is 13.2 Å². The van der Waals surface area contributed by atoms with Gasteiger partial charge < -0.3 is 19.9 Å². The lowest BCUT2D eigenvalue weighted by Gasteiger charge is -2.20. The maximum atomic E-state index is 12.7. The zero-order valence-corrected chi connectivity index (χ0v) is 21.1. The van der Waals surface area contributed by atoms with E-state index in [4.69, 9.17) is 26.2 Å². The Morgan fingerprint density at radius 2 is 1.91 bits per heavy atom. The van der Waals surface area contributed by atoms with Crippen LogP contribution in [0.5, 0.6) is 11.5 Å². The summed E-state index contributed by atoms with van der Waals surface area (Å²) in [5, 5.41) is 15.8. The number of amides is 2. The summed E-state index contributed by atoms with van der Waals surface area (Å²) in [6.07, 6.45) is 1.39. The Balaban J connectivity index is 2.12. The van der Waals surface area contributed by atoms with E-state index < -0.39 is 30.4 Å². The van der Waals surface area contributed by atoms with E-state index in [9.17, 15) is 14.4 Å². The number of carboxylic acids is 1. The number of carbonyl (C=O) groups is 3. The average molecular weight is 555 g/mol. The molecule has 0 saturated carbocycles. The number of aliphatic carboxylic acids is 1. The Kier molecular flexibility index (Phi) is 10.3. The summed E-state index contributed by atoms with van der Waals surface area (Å²) in [6, 6.07) is 8.94. The minimum absolute atomic E-state index is 0.217. The molecule has 2 rings (SSSR count). The number of nitrogens with zero attached hydrogens (tertiary/aromatic N) is 1. The number of benzene rings is 2. The molecule has 1 atom stereocenters. The number of hydrogen-bond acceptors (Lipinski definition) is 6. The average Bonchev–Trinajstić information content (AvgIpc) is 2.76. The van der Waals surface area contributed by atoms with Crippen LogP contribution < -0.4 is 20.2 Å². The summed E-state index contributed by atoms with van der Waals surface area (Å²) in [5.41, 5.74) is 3.25. The molecule has 0 aliphatic heterocycles. The fourth-order valence-corrected chi connectivity index (χ4v) is 3.63. The second-order valence-electron chi connectivity index (χ2n) is 7.35. The minimum atomic E-state index is -1.12. The highest BCUT2D eigenvalue weighted by Crippen LogP contribution is 2.36. The highest BCUT2D eigenvalue weighted by molar-refractivity contribution is 9.10. The van der Waals surface area contributed by atoms with Crippen molar-refractivity contribution in [1.29, 1.82) is 0 Å². The topological polar surface area (TPSA) is 126 Å². The fourth-order valence-electron chi connectivity index (χ4n) is 2.84. The van der Waals surface area contributed by atoms with Gasteiger partial charge in [-0.1, -0.05) is 37.6 Å². The van der Waals surface area contributed by atoms with Gasteiger partial charge in [0.05, 0.1) is 27.9 Å². The lowest BCUT2D eigenvalue weighted by molar-refractivity contribution is -0.139. The molecule has 0 heterocycles. The molecule has 34 heavy (non-hydrogen) atoms. The van der Waals surface area contributed by atoms with Gasteiger partial charge in [-0.25, -0.2) is 10.2 Å². The van der Waals surface area contributed by atoms with Crippen molar-refractivity contribution in [3.8, 4) is 11.5 Å². The van der Waals surface area contributed by atoms with Crippen LogP contribution in [0.3, 0.4) is 0 Å². The monoisotopic (exact) mass is 553 g/mol. The van der Waals surface area contributed by atoms with E-state index in [2.05, 4.69) is 31.8 Å². The van der Waals surface area contributed by atoms with Crippen molar-refractivity contribution < 1.29 is 29.0 Å². The van der Waals surface area contributed by atoms with Crippen molar-refractivity contribution in [3.63, 3.8) is 0 Å². The molecule has 0 radical (unpaired) electrons. The Morgan fingerprint density at radius 1 is 1.21 bits per heavy atom. The summed E-state index contributed by atoms with van der Waals surface area (Å²) in [4.78, 5) is 36.1. The third kappa shape index (κ3) is 7.74. The van der Waals surface area contributed by atoms with Crippen LogP contribution in [-0.4, -0.2) is 48.4 Å². The number of nitrogens with one attached hydrogen (secondary N) is 2. The third-order valence-corrected chi connectivity index (χ3v) is 5.33. The summed E-state index contributed by atoms with van der Waals surface area (Å²) in [7, 11) is 0. The van der Waals surface area contributed by atoms with Crippen molar-refractivity contribution >= 4 is 51.5 Å².